The van der Waals surface area contributed by atoms with Gasteiger partial charge in [0.1, 0.15) is 0 Å². The van der Waals surface area contributed by atoms with Crippen molar-refractivity contribution in [1.29, 1.82) is 10.5 Å². The molecule has 0 saturated carbocycles. The van der Waals surface area contributed by atoms with Crippen molar-refractivity contribution < 1.29 is 0 Å². The smallest absolute Gasteiger partial charge is 0.0991 e. The van der Waals surface area contributed by atoms with Gasteiger partial charge in [-0.3, -0.25) is 0 Å². The van der Waals surface area contributed by atoms with Crippen molar-refractivity contribution in [1.82, 2.24) is 0 Å². The fourth-order valence-corrected chi connectivity index (χ4v) is 6.95. The lowest BCUT2D eigenvalue weighted by atomic mass is 9.85. The number of anilines is 2. The van der Waals surface area contributed by atoms with Crippen LogP contribution < -0.4 is 9.80 Å². The summed E-state index contributed by atoms with van der Waals surface area (Å²) in [6, 6.07) is 34.7. The molecule has 0 unspecified atom stereocenters. The molecule has 0 N–H and O–H groups in total. The van der Waals surface area contributed by atoms with E-state index >= 15 is 0 Å². The highest BCUT2D eigenvalue weighted by atomic mass is 15.1. The van der Waals surface area contributed by atoms with Gasteiger partial charge >= 0.3 is 0 Å². The summed E-state index contributed by atoms with van der Waals surface area (Å²) >= 11 is 0. The van der Waals surface area contributed by atoms with Gasteiger partial charge in [0.25, 0.3) is 0 Å². The van der Waals surface area contributed by atoms with Crippen molar-refractivity contribution in [2.75, 3.05) is 36.0 Å². The standard InChI is InChI=1S/C38H34N4/c39-25-27-7-11-29(12-8-27)37-34-18-16-32(42-21-5-2-6-22-42)24-36(34)38(30-13-9-28(26-40)10-14-30)33-17-15-31(23-35(33)37)41-19-3-1-4-20-41/h7-18,23-24H,1-6,19-22H2. The highest BCUT2D eigenvalue weighted by Gasteiger charge is 2.21. The van der Waals surface area contributed by atoms with Crippen molar-refractivity contribution in [2.24, 2.45) is 0 Å². The van der Waals surface area contributed by atoms with Crippen LogP contribution in [0, 0.1) is 22.7 Å². The molecule has 0 amide bonds. The fourth-order valence-electron chi connectivity index (χ4n) is 6.95. The Morgan fingerprint density at radius 3 is 1.17 bits per heavy atom. The lowest BCUT2D eigenvalue weighted by Gasteiger charge is -2.30. The maximum Gasteiger partial charge on any atom is 0.0991 e. The quantitative estimate of drug-likeness (QED) is 0.211. The van der Waals surface area contributed by atoms with Crippen LogP contribution in [0.3, 0.4) is 0 Å². The number of hydrogen-bond donors (Lipinski definition) is 0. The predicted octanol–water partition coefficient (Wildman–Crippen LogP) is 9.05. The first-order valence-electron chi connectivity index (χ1n) is 15.3. The minimum Gasteiger partial charge on any atom is -0.372 e. The van der Waals surface area contributed by atoms with Gasteiger partial charge in [0, 0.05) is 37.6 Å². The summed E-state index contributed by atoms with van der Waals surface area (Å²) in [6.07, 6.45) is 7.52. The number of rotatable bonds is 4. The number of hydrogen-bond acceptors (Lipinski definition) is 4. The molecular weight excluding hydrogens is 512 g/mol. The second-order valence-electron chi connectivity index (χ2n) is 11.7. The Bertz CT molecular complexity index is 1700. The number of piperidine rings is 2. The monoisotopic (exact) mass is 546 g/mol. The van der Waals surface area contributed by atoms with Crippen molar-refractivity contribution >= 4 is 32.9 Å². The Kier molecular flexibility index (Phi) is 6.98. The Balaban J connectivity index is 1.55. The van der Waals surface area contributed by atoms with E-state index in [0.717, 1.165) is 37.3 Å². The molecule has 2 aliphatic rings. The molecular formula is C38H34N4. The molecule has 4 nitrogen and oxygen atoms in total. The van der Waals surface area contributed by atoms with E-state index < -0.39 is 0 Å². The van der Waals surface area contributed by atoms with Crippen molar-refractivity contribution in [3.63, 3.8) is 0 Å². The van der Waals surface area contributed by atoms with Crippen LogP contribution in [0.5, 0.6) is 0 Å². The van der Waals surface area contributed by atoms with Crippen molar-refractivity contribution in [3.05, 3.63) is 96.1 Å². The third kappa shape index (κ3) is 4.74. The van der Waals surface area contributed by atoms with Crippen LogP contribution in [0.25, 0.3) is 43.8 Å². The van der Waals surface area contributed by atoms with Crippen LogP contribution in [0.1, 0.15) is 49.7 Å². The summed E-state index contributed by atoms with van der Waals surface area (Å²) in [7, 11) is 0. The van der Waals surface area contributed by atoms with Crippen molar-refractivity contribution in [3.8, 4) is 34.4 Å². The summed E-state index contributed by atoms with van der Waals surface area (Å²) in [5, 5.41) is 23.9. The summed E-state index contributed by atoms with van der Waals surface area (Å²) in [6.45, 7) is 4.36. The van der Waals surface area contributed by atoms with E-state index in [4.69, 9.17) is 0 Å². The normalized spacial score (nSPS) is 15.5. The van der Waals surface area contributed by atoms with Crippen LogP contribution >= 0.6 is 0 Å². The molecule has 0 bridgehead atoms. The Morgan fingerprint density at radius 2 is 0.810 bits per heavy atom. The zero-order valence-electron chi connectivity index (χ0n) is 23.9. The van der Waals surface area contributed by atoms with Gasteiger partial charge in [-0.25, -0.2) is 0 Å². The third-order valence-corrected chi connectivity index (χ3v) is 9.13. The molecule has 42 heavy (non-hydrogen) atoms. The maximum atomic E-state index is 9.50. The van der Waals surface area contributed by atoms with E-state index in [1.165, 1.54) is 82.6 Å². The van der Waals surface area contributed by atoms with Crippen LogP contribution in [-0.2, 0) is 0 Å². The molecule has 2 fully saturated rings. The molecule has 206 valence electrons. The minimum absolute atomic E-state index is 0.669. The van der Waals surface area contributed by atoms with E-state index in [1.54, 1.807) is 0 Å². The third-order valence-electron chi connectivity index (χ3n) is 9.13. The highest BCUT2D eigenvalue weighted by molar-refractivity contribution is 6.22. The van der Waals surface area contributed by atoms with Gasteiger partial charge in [-0.15, -0.1) is 0 Å². The molecule has 5 aromatic rings. The molecule has 0 radical (unpaired) electrons. The highest BCUT2D eigenvalue weighted by Crippen LogP contribution is 2.46. The molecule has 4 heteroatoms. The van der Waals surface area contributed by atoms with Gasteiger partial charge < -0.3 is 9.80 Å². The molecule has 0 spiro atoms. The number of nitriles is 2. The van der Waals surface area contributed by atoms with E-state index in [2.05, 4.69) is 82.6 Å². The first kappa shape index (κ1) is 26.1. The molecule has 5 aromatic carbocycles. The van der Waals surface area contributed by atoms with E-state index in [1.807, 2.05) is 24.3 Å². The Labute approximate surface area is 248 Å². The zero-order valence-corrected chi connectivity index (χ0v) is 23.9. The molecule has 2 saturated heterocycles. The average molecular weight is 547 g/mol. The first-order valence-corrected chi connectivity index (χ1v) is 15.3. The molecule has 7 rings (SSSR count). The minimum atomic E-state index is 0.669. The summed E-state index contributed by atoms with van der Waals surface area (Å²) in [5.41, 5.74) is 8.55. The van der Waals surface area contributed by atoms with Gasteiger partial charge in [-0.2, -0.15) is 10.5 Å². The van der Waals surface area contributed by atoms with Gasteiger partial charge in [0.2, 0.25) is 0 Å². The van der Waals surface area contributed by atoms with Crippen LogP contribution in [0.4, 0.5) is 11.4 Å². The Morgan fingerprint density at radius 1 is 0.429 bits per heavy atom. The van der Waals surface area contributed by atoms with Crippen molar-refractivity contribution in [2.45, 2.75) is 38.5 Å². The van der Waals surface area contributed by atoms with Gasteiger partial charge in [-0.1, -0.05) is 36.4 Å². The van der Waals surface area contributed by atoms with Gasteiger partial charge in [0.15, 0.2) is 0 Å². The first-order chi connectivity index (χ1) is 20.7. The maximum absolute atomic E-state index is 9.50. The topological polar surface area (TPSA) is 54.1 Å². The average Bonchev–Trinajstić information content (AvgIpc) is 3.07. The van der Waals surface area contributed by atoms with Gasteiger partial charge in [0.05, 0.1) is 23.3 Å². The molecule has 0 aliphatic carbocycles. The van der Waals surface area contributed by atoms with Crippen LogP contribution in [-0.4, -0.2) is 26.2 Å². The summed E-state index contributed by atoms with van der Waals surface area (Å²) in [4.78, 5) is 5.05. The van der Waals surface area contributed by atoms with Gasteiger partial charge in [-0.05, 0) is 131 Å². The lowest BCUT2D eigenvalue weighted by molar-refractivity contribution is 0.578. The van der Waals surface area contributed by atoms with E-state index in [-0.39, 0.29) is 0 Å². The largest absolute Gasteiger partial charge is 0.372 e. The van der Waals surface area contributed by atoms with E-state index in [9.17, 15) is 10.5 Å². The summed E-state index contributed by atoms with van der Waals surface area (Å²) < 4.78 is 0. The predicted molar refractivity (Wildman–Crippen MR) is 174 cm³/mol. The fraction of sp³-hybridized carbons (Fsp3) is 0.263. The summed E-state index contributed by atoms with van der Waals surface area (Å²) in [5.74, 6) is 0. The number of fused-ring (bicyclic) bond motifs is 2. The lowest BCUT2D eigenvalue weighted by Crippen LogP contribution is -2.29. The molecule has 2 aliphatic heterocycles. The molecule has 2 heterocycles. The van der Waals surface area contributed by atoms with Crippen LogP contribution in [0.15, 0.2) is 84.9 Å². The SMILES string of the molecule is N#Cc1ccc(-c2c3ccc(N4CCCCC4)cc3c(-c3ccc(C#N)cc3)c3ccc(N4CCCCC4)cc23)cc1. The molecule has 0 atom stereocenters. The number of nitrogens with zero attached hydrogens (tertiary/aromatic N) is 4. The second kappa shape index (κ2) is 11.2. The zero-order chi connectivity index (χ0) is 28.5. The Hall–Kier alpha value is -4.80. The van der Waals surface area contributed by atoms with Crippen LogP contribution in [0.2, 0.25) is 0 Å². The number of benzene rings is 5. The second-order valence-corrected chi connectivity index (χ2v) is 11.7. The molecule has 0 aromatic heterocycles. The van der Waals surface area contributed by atoms with E-state index in [0.29, 0.717) is 11.1 Å².